The minimum Gasteiger partial charge on any atom is -0.462 e. The number of nitrogens with zero attached hydrogens (tertiary/aromatic N) is 1. The van der Waals surface area contributed by atoms with Gasteiger partial charge in [-0.2, -0.15) is 0 Å². The predicted molar refractivity (Wildman–Crippen MR) is 60.7 cm³/mol. The fourth-order valence-electron chi connectivity index (χ4n) is 0.669. The first-order valence-corrected chi connectivity index (χ1v) is 5.15. The SMILES string of the molecule is C=C(C)C(=O)OCCCN(C)C.CCl. The van der Waals surface area contributed by atoms with Gasteiger partial charge in [0.05, 0.1) is 6.61 Å². The molecule has 84 valence electrons. The molecule has 0 aliphatic heterocycles. The summed E-state index contributed by atoms with van der Waals surface area (Å²) in [6, 6.07) is 0. The number of halogens is 1. The highest BCUT2D eigenvalue weighted by Crippen LogP contribution is 1.93. The normalized spacial score (nSPS) is 9.00. The van der Waals surface area contributed by atoms with Gasteiger partial charge in [0, 0.05) is 18.5 Å². The number of hydrogen-bond donors (Lipinski definition) is 0. The first-order chi connectivity index (χ1) is 6.54. The van der Waals surface area contributed by atoms with Gasteiger partial charge in [0.1, 0.15) is 0 Å². The molecule has 0 amide bonds. The van der Waals surface area contributed by atoms with Crippen LogP contribution in [-0.2, 0) is 9.53 Å². The molecule has 0 aromatic heterocycles. The second-order valence-electron chi connectivity index (χ2n) is 3.07. The molecule has 0 heterocycles. The first-order valence-electron chi connectivity index (χ1n) is 4.39. The summed E-state index contributed by atoms with van der Waals surface area (Å²) in [6.07, 6.45) is 2.34. The Kier molecular flexibility index (Phi) is 12.0. The van der Waals surface area contributed by atoms with Gasteiger partial charge >= 0.3 is 5.97 Å². The van der Waals surface area contributed by atoms with Crippen LogP contribution in [0, 0.1) is 0 Å². The van der Waals surface area contributed by atoms with Crippen LogP contribution in [-0.4, -0.2) is 44.5 Å². The first kappa shape index (κ1) is 15.9. The van der Waals surface area contributed by atoms with Crippen molar-refractivity contribution in [2.24, 2.45) is 0 Å². The third-order valence-corrected chi connectivity index (χ3v) is 1.33. The summed E-state index contributed by atoms with van der Waals surface area (Å²) >= 11 is 4.64. The third-order valence-electron chi connectivity index (χ3n) is 1.33. The second-order valence-corrected chi connectivity index (χ2v) is 3.07. The fourth-order valence-corrected chi connectivity index (χ4v) is 0.669. The van der Waals surface area contributed by atoms with Crippen LogP contribution in [0.15, 0.2) is 12.2 Å². The molecule has 0 saturated carbocycles. The van der Waals surface area contributed by atoms with Crippen LogP contribution >= 0.6 is 11.6 Å². The quantitative estimate of drug-likeness (QED) is 0.308. The van der Waals surface area contributed by atoms with Crippen LogP contribution in [0.25, 0.3) is 0 Å². The summed E-state index contributed by atoms with van der Waals surface area (Å²) in [5, 5.41) is 0. The molecule has 0 radical (unpaired) electrons. The van der Waals surface area contributed by atoms with E-state index >= 15 is 0 Å². The van der Waals surface area contributed by atoms with Crippen LogP contribution in [0.1, 0.15) is 13.3 Å². The van der Waals surface area contributed by atoms with Gasteiger partial charge in [0.25, 0.3) is 0 Å². The van der Waals surface area contributed by atoms with Gasteiger partial charge in [-0.15, -0.1) is 11.6 Å². The average Bonchev–Trinajstić information content (AvgIpc) is 2.15. The molecule has 0 spiro atoms. The zero-order valence-corrected chi connectivity index (χ0v) is 10.2. The molecule has 0 unspecified atom stereocenters. The van der Waals surface area contributed by atoms with Crippen molar-refractivity contribution in [3.8, 4) is 0 Å². The Bertz CT molecular complexity index is 170. The van der Waals surface area contributed by atoms with E-state index in [-0.39, 0.29) is 5.97 Å². The molecule has 4 heteroatoms. The Morgan fingerprint density at radius 3 is 2.29 bits per heavy atom. The molecule has 0 N–H and O–H groups in total. The zero-order chi connectivity index (χ0) is 11.6. The number of rotatable bonds is 5. The maximum Gasteiger partial charge on any atom is 0.333 e. The van der Waals surface area contributed by atoms with Crippen molar-refractivity contribution < 1.29 is 9.53 Å². The number of hydrogen-bond acceptors (Lipinski definition) is 3. The Labute approximate surface area is 91.7 Å². The van der Waals surface area contributed by atoms with E-state index in [2.05, 4.69) is 23.1 Å². The van der Waals surface area contributed by atoms with E-state index in [0.717, 1.165) is 13.0 Å². The molecular formula is C10H20ClNO2. The van der Waals surface area contributed by atoms with Crippen molar-refractivity contribution in [3.63, 3.8) is 0 Å². The molecule has 0 atom stereocenters. The van der Waals surface area contributed by atoms with Crippen LogP contribution < -0.4 is 0 Å². The lowest BCUT2D eigenvalue weighted by Gasteiger charge is -2.09. The van der Waals surface area contributed by atoms with E-state index in [1.165, 1.54) is 6.38 Å². The number of carbonyl (C=O) groups is 1. The summed E-state index contributed by atoms with van der Waals surface area (Å²) in [4.78, 5) is 12.9. The molecule has 14 heavy (non-hydrogen) atoms. The average molecular weight is 222 g/mol. The highest BCUT2D eigenvalue weighted by atomic mass is 35.5. The molecule has 0 aromatic carbocycles. The molecular weight excluding hydrogens is 202 g/mol. The van der Waals surface area contributed by atoms with E-state index in [9.17, 15) is 4.79 Å². The van der Waals surface area contributed by atoms with Gasteiger partial charge in [0.15, 0.2) is 0 Å². The zero-order valence-electron chi connectivity index (χ0n) is 9.47. The van der Waals surface area contributed by atoms with Gasteiger partial charge < -0.3 is 9.64 Å². The third kappa shape index (κ3) is 11.5. The molecule has 0 bridgehead atoms. The van der Waals surface area contributed by atoms with Crippen molar-refractivity contribution in [2.75, 3.05) is 33.6 Å². The fraction of sp³-hybridized carbons (Fsp3) is 0.700. The molecule has 0 saturated heterocycles. The Morgan fingerprint density at radius 2 is 1.93 bits per heavy atom. The van der Waals surface area contributed by atoms with E-state index in [0.29, 0.717) is 12.2 Å². The van der Waals surface area contributed by atoms with Crippen molar-refractivity contribution in [1.82, 2.24) is 4.90 Å². The summed E-state index contributed by atoms with van der Waals surface area (Å²) in [7, 11) is 3.97. The van der Waals surface area contributed by atoms with Crippen molar-refractivity contribution in [3.05, 3.63) is 12.2 Å². The largest absolute Gasteiger partial charge is 0.462 e. The summed E-state index contributed by atoms with van der Waals surface area (Å²) in [5.74, 6) is -0.297. The van der Waals surface area contributed by atoms with Gasteiger partial charge in [0.2, 0.25) is 0 Å². The molecule has 0 aromatic rings. The lowest BCUT2D eigenvalue weighted by atomic mass is 10.3. The summed E-state index contributed by atoms with van der Waals surface area (Å²) in [5.41, 5.74) is 0.458. The number of esters is 1. The van der Waals surface area contributed by atoms with Crippen molar-refractivity contribution in [2.45, 2.75) is 13.3 Å². The van der Waals surface area contributed by atoms with Gasteiger partial charge in [-0.1, -0.05) is 6.58 Å². The van der Waals surface area contributed by atoms with Gasteiger partial charge in [-0.05, 0) is 27.4 Å². The van der Waals surface area contributed by atoms with Crippen LogP contribution in [0.4, 0.5) is 0 Å². The molecule has 0 fully saturated rings. The predicted octanol–water partition coefficient (Wildman–Crippen LogP) is 1.91. The van der Waals surface area contributed by atoms with Gasteiger partial charge in [-0.25, -0.2) is 4.79 Å². The lowest BCUT2D eigenvalue weighted by molar-refractivity contribution is -0.139. The van der Waals surface area contributed by atoms with Crippen LogP contribution in [0.5, 0.6) is 0 Å². The standard InChI is InChI=1S/C9H17NO2.CH3Cl/c1-8(2)9(11)12-7-5-6-10(3)4;1-2/h1,5-7H2,2-4H3;1H3. The minimum absolute atomic E-state index is 0.297. The Balaban J connectivity index is 0. The minimum atomic E-state index is -0.297. The molecule has 0 rings (SSSR count). The monoisotopic (exact) mass is 221 g/mol. The summed E-state index contributed by atoms with van der Waals surface area (Å²) < 4.78 is 4.89. The number of carbonyl (C=O) groups excluding carboxylic acids is 1. The summed E-state index contributed by atoms with van der Waals surface area (Å²) in [6.45, 7) is 6.54. The topological polar surface area (TPSA) is 29.5 Å². The Hall–Kier alpha value is -0.540. The Morgan fingerprint density at radius 1 is 1.43 bits per heavy atom. The van der Waals surface area contributed by atoms with E-state index in [1.54, 1.807) is 6.92 Å². The van der Waals surface area contributed by atoms with Gasteiger partial charge in [-0.3, -0.25) is 0 Å². The molecule has 3 nitrogen and oxygen atoms in total. The van der Waals surface area contributed by atoms with Crippen LogP contribution in [0.2, 0.25) is 0 Å². The second kappa shape index (κ2) is 10.5. The maximum atomic E-state index is 10.9. The van der Waals surface area contributed by atoms with E-state index < -0.39 is 0 Å². The van der Waals surface area contributed by atoms with E-state index in [4.69, 9.17) is 4.74 Å². The highest BCUT2D eigenvalue weighted by Gasteiger charge is 2.01. The number of ether oxygens (including phenoxy) is 1. The number of alkyl halides is 1. The highest BCUT2D eigenvalue weighted by molar-refractivity contribution is 6.15. The smallest absolute Gasteiger partial charge is 0.333 e. The van der Waals surface area contributed by atoms with E-state index in [1.807, 2.05) is 14.1 Å². The molecule has 0 aliphatic carbocycles. The lowest BCUT2D eigenvalue weighted by Crippen LogP contribution is -2.16. The van der Waals surface area contributed by atoms with Crippen molar-refractivity contribution in [1.29, 1.82) is 0 Å². The van der Waals surface area contributed by atoms with Crippen LogP contribution in [0.3, 0.4) is 0 Å². The molecule has 0 aliphatic rings. The maximum absolute atomic E-state index is 10.9. The van der Waals surface area contributed by atoms with Crippen molar-refractivity contribution >= 4 is 17.6 Å².